The van der Waals surface area contributed by atoms with Crippen LogP contribution in [-0.2, 0) is 11.2 Å². The van der Waals surface area contributed by atoms with Gasteiger partial charge >= 0.3 is 0 Å². The molecule has 17 heavy (non-hydrogen) atoms. The fourth-order valence-electron chi connectivity index (χ4n) is 1.73. The van der Waals surface area contributed by atoms with E-state index in [9.17, 15) is 15.0 Å². The Bertz CT molecular complexity index is 377. The molecule has 2 atom stereocenters. The number of rotatable bonds is 5. The molecule has 3 N–H and O–H groups in total. The zero-order valence-electron chi connectivity index (χ0n) is 10.2. The minimum atomic E-state index is -0.435. The van der Waals surface area contributed by atoms with Gasteiger partial charge in [0.25, 0.3) is 0 Å². The van der Waals surface area contributed by atoms with Gasteiger partial charge in [0, 0.05) is 11.6 Å². The first-order valence-corrected chi connectivity index (χ1v) is 5.73. The summed E-state index contributed by atoms with van der Waals surface area (Å²) in [7, 11) is 0. The number of benzene rings is 1. The zero-order chi connectivity index (χ0) is 12.8. The van der Waals surface area contributed by atoms with Gasteiger partial charge in [-0.25, -0.2) is 0 Å². The number of aromatic hydroxyl groups is 1. The molecular formula is C13H19NO3. The Morgan fingerprint density at radius 1 is 1.35 bits per heavy atom. The van der Waals surface area contributed by atoms with Crippen molar-refractivity contribution in [1.82, 2.24) is 5.32 Å². The lowest BCUT2D eigenvalue weighted by molar-refractivity contribution is -0.121. The van der Waals surface area contributed by atoms with Crippen LogP contribution in [0.5, 0.6) is 5.75 Å². The van der Waals surface area contributed by atoms with Crippen molar-refractivity contribution < 1.29 is 15.0 Å². The van der Waals surface area contributed by atoms with E-state index in [0.717, 1.165) is 0 Å². The van der Waals surface area contributed by atoms with Gasteiger partial charge in [0.05, 0.1) is 12.5 Å². The summed E-state index contributed by atoms with van der Waals surface area (Å²) in [5.41, 5.74) is 0.606. The maximum absolute atomic E-state index is 11.7. The predicted molar refractivity (Wildman–Crippen MR) is 65.7 cm³/mol. The second kappa shape index (κ2) is 6.25. The number of carbonyl (C=O) groups excluding carboxylic acids is 1. The molecule has 0 aliphatic heterocycles. The number of para-hydroxylation sites is 1. The summed E-state index contributed by atoms with van der Waals surface area (Å²) in [6.45, 7) is 3.53. The van der Waals surface area contributed by atoms with E-state index in [-0.39, 0.29) is 24.1 Å². The van der Waals surface area contributed by atoms with Crippen molar-refractivity contribution in [2.45, 2.75) is 38.8 Å². The number of phenolic OH excluding ortho intramolecular Hbond substituents is 1. The Balaban J connectivity index is 2.47. The Morgan fingerprint density at radius 2 is 2.00 bits per heavy atom. The first-order chi connectivity index (χ1) is 7.99. The van der Waals surface area contributed by atoms with Crippen LogP contribution in [0.15, 0.2) is 24.3 Å². The van der Waals surface area contributed by atoms with E-state index in [0.29, 0.717) is 12.0 Å². The van der Waals surface area contributed by atoms with Crippen molar-refractivity contribution in [3.8, 4) is 5.75 Å². The largest absolute Gasteiger partial charge is 0.508 e. The molecule has 0 aromatic heterocycles. The molecule has 0 aliphatic rings. The molecule has 4 nitrogen and oxygen atoms in total. The average Bonchev–Trinajstić information content (AvgIpc) is 2.19. The van der Waals surface area contributed by atoms with Crippen LogP contribution in [0.3, 0.4) is 0 Å². The highest BCUT2D eigenvalue weighted by Crippen LogP contribution is 2.15. The lowest BCUT2D eigenvalue weighted by Gasteiger charge is -2.15. The van der Waals surface area contributed by atoms with Gasteiger partial charge in [0.2, 0.25) is 5.91 Å². The Labute approximate surface area is 101 Å². The summed E-state index contributed by atoms with van der Waals surface area (Å²) in [6, 6.07) is 6.69. The molecule has 1 rings (SSSR count). The van der Waals surface area contributed by atoms with Gasteiger partial charge < -0.3 is 15.5 Å². The number of amides is 1. The molecule has 1 aromatic carbocycles. The van der Waals surface area contributed by atoms with Crippen molar-refractivity contribution in [3.05, 3.63) is 29.8 Å². The molecule has 94 valence electrons. The van der Waals surface area contributed by atoms with Crippen LogP contribution in [0.2, 0.25) is 0 Å². The SMILES string of the molecule is CC(O)CC(C)NC(=O)Cc1ccccc1O. The monoisotopic (exact) mass is 237 g/mol. The van der Waals surface area contributed by atoms with Crippen LogP contribution in [0.1, 0.15) is 25.8 Å². The number of hydrogen-bond acceptors (Lipinski definition) is 3. The van der Waals surface area contributed by atoms with E-state index < -0.39 is 6.10 Å². The second-order valence-electron chi connectivity index (χ2n) is 4.36. The predicted octanol–water partition coefficient (Wildman–Crippen LogP) is 1.21. The van der Waals surface area contributed by atoms with Gasteiger partial charge in [-0.05, 0) is 26.3 Å². The molecule has 0 spiro atoms. The molecule has 0 radical (unpaired) electrons. The van der Waals surface area contributed by atoms with Gasteiger partial charge in [0.1, 0.15) is 5.75 Å². The maximum atomic E-state index is 11.7. The van der Waals surface area contributed by atoms with E-state index in [1.165, 1.54) is 0 Å². The highest BCUT2D eigenvalue weighted by molar-refractivity contribution is 5.79. The lowest BCUT2D eigenvalue weighted by Crippen LogP contribution is -2.35. The van der Waals surface area contributed by atoms with E-state index in [1.807, 2.05) is 6.92 Å². The number of aliphatic hydroxyl groups is 1. The summed E-state index contributed by atoms with van der Waals surface area (Å²) in [5, 5.41) is 21.5. The molecule has 0 saturated heterocycles. The molecule has 0 heterocycles. The zero-order valence-corrected chi connectivity index (χ0v) is 10.2. The standard InChI is InChI=1S/C13H19NO3/c1-9(7-10(2)15)14-13(17)8-11-5-3-4-6-12(11)16/h3-6,9-10,15-16H,7-8H2,1-2H3,(H,14,17). The fraction of sp³-hybridized carbons (Fsp3) is 0.462. The third kappa shape index (κ3) is 4.87. The summed E-state index contributed by atoms with van der Waals surface area (Å²) in [6.07, 6.45) is 0.235. The van der Waals surface area contributed by atoms with Crippen molar-refractivity contribution in [3.63, 3.8) is 0 Å². The van der Waals surface area contributed by atoms with Gasteiger partial charge in [-0.2, -0.15) is 0 Å². The molecular weight excluding hydrogens is 218 g/mol. The van der Waals surface area contributed by atoms with Crippen LogP contribution in [0.25, 0.3) is 0 Å². The molecule has 1 amide bonds. The summed E-state index contributed by atoms with van der Waals surface area (Å²) in [4.78, 5) is 11.7. The highest BCUT2D eigenvalue weighted by atomic mass is 16.3. The Kier molecular flexibility index (Phi) is 4.97. The van der Waals surface area contributed by atoms with E-state index in [1.54, 1.807) is 31.2 Å². The third-order valence-electron chi connectivity index (χ3n) is 2.44. The Morgan fingerprint density at radius 3 is 2.59 bits per heavy atom. The minimum Gasteiger partial charge on any atom is -0.508 e. The number of phenols is 1. The van der Waals surface area contributed by atoms with E-state index in [4.69, 9.17) is 0 Å². The molecule has 0 aliphatic carbocycles. The summed E-state index contributed by atoms with van der Waals surface area (Å²) < 4.78 is 0. The molecule has 1 aromatic rings. The first kappa shape index (κ1) is 13.5. The van der Waals surface area contributed by atoms with Crippen LogP contribution >= 0.6 is 0 Å². The highest BCUT2D eigenvalue weighted by Gasteiger charge is 2.11. The van der Waals surface area contributed by atoms with Crippen molar-refractivity contribution >= 4 is 5.91 Å². The maximum Gasteiger partial charge on any atom is 0.224 e. The normalized spacial score (nSPS) is 14.1. The van der Waals surface area contributed by atoms with Gasteiger partial charge in [-0.3, -0.25) is 4.79 Å². The minimum absolute atomic E-state index is 0.0756. The lowest BCUT2D eigenvalue weighted by atomic mass is 10.1. The molecule has 2 unspecified atom stereocenters. The van der Waals surface area contributed by atoms with Crippen LogP contribution in [0, 0.1) is 0 Å². The van der Waals surface area contributed by atoms with Crippen molar-refractivity contribution in [2.24, 2.45) is 0 Å². The smallest absolute Gasteiger partial charge is 0.224 e. The first-order valence-electron chi connectivity index (χ1n) is 5.73. The third-order valence-corrected chi connectivity index (χ3v) is 2.44. The average molecular weight is 237 g/mol. The Hall–Kier alpha value is -1.55. The summed E-state index contributed by atoms with van der Waals surface area (Å²) >= 11 is 0. The van der Waals surface area contributed by atoms with Gasteiger partial charge in [-0.1, -0.05) is 18.2 Å². The second-order valence-corrected chi connectivity index (χ2v) is 4.36. The van der Waals surface area contributed by atoms with Crippen molar-refractivity contribution in [2.75, 3.05) is 0 Å². The number of aliphatic hydroxyl groups excluding tert-OH is 1. The summed E-state index contributed by atoms with van der Waals surface area (Å²) in [5.74, 6) is -0.0227. The number of hydrogen-bond donors (Lipinski definition) is 3. The van der Waals surface area contributed by atoms with Crippen LogP contribution in [0.4, 0.5) is 0 Å². The van der Waals surface area contributed by atoms with Gasteiger partial charge in [-0.15, -0.1) is 0 Å². The van der Waals surface area contributed by atoms with E-state index in [2.05, 4.69) is 5.32 Å². The number of carbonyl (C=O) groups is 1. The van der Waals surface area contributed by atoms with Crippen molar-refractivity contribution in [1.29, 1.82) is 0 Å². The molecule has 0 saturated carbocycles. The quantitative estimate of drug-likeness (QED) is 0.721. The molecule has 0 bridgehead atoms. The topological polar surface area (TPSA) is 69.6 Å². The van der Waals surface area contributed by atoms with Crippen LogP contribution < -0.4 is 5.32 Å². The number of nitrogens with one attached hydrogen (secondary N) is 1. The van der Waals surface area contributed by atoms with E-state index >= 15 is 0 Å². The van der Waals surface area contributed by atoms with Gasteiger partial charge in [0.15, 0.2) is 0 Å². The molecule has 4 heteroatoms. The van der Waals surface area contributed by atoms with Crippen LogP contribution in [-0.4, -0.2) is 28.3 Å². The fourth-order valence-corrected chi connectivity index (χ4v) is 1.73. The molecule has 0 fully saturated rings.